The number of hydrogen-bond acceptors (Lipinski definition) is 2. The van der Waals surface area contributed by atoms with Crippen molar-refractivity contribution in [3.8, 4) is 0 Å². The summed E-state index contributed by atoms with van der Waals surface area (Å²) < 4.78 is 26.6. The molecule has 0 aromatic carbocycles. The average Bonchev–Trinajstić information content (AvgIpc) is 2.30. The fraction of sp³-hybridized carbons (Fsp3) is 0.571. The molecule has 0 bridgehead atoms. The van der Waals surface area contributed by atoms with Crippen molar-refractivity contribution in [3.05, 3.63) is 16.7 Å². The Morgan fingerprint density at radius 2 is 2.31 bits per heavy atom. The summed E-state index contributed by atoms with van der Waals surface area (Å²) in [6, 6.07) is 0. The first-order valence-corrected chi connectivity index (χ1v) is 4.10. The predicted molar refractivity (Wildman–Crippen MR) is 46.2 cm³/mol. The van der Waals surface area contributed by atoms with E-state index >= 15 is 0 Å². The number of aliphatic hydroxyl groups is 1. The number of H-pyrrole nitrogens is 1. The van der Waals surface area contributed by atoms with Gasteiger partial charge < -0.3 is 14.7 Å². The van der Waals surface area contributed by atoms with Crippen LogP contribution in [-0.4, -0.2) is 20.6 Å². The molecule has 0 radical (unpaired) electrons. The zero-order valence-electron chi connectivity index (χ0n) is 7.05. The Balaban J connectivity index is 2.99. The molecule has 6 heteroatoms. The lowest BCUT2D eigenvalue weighted by molar-refractivity contribution is 0.00213. The molecule has 3 nitrogen and oxygen atoms in total. The summed E-state index contributed by atoms with van der Waals surface area (Å²) in [7, 11) is 0. The van der Waals surface area contributed by atoms with E-state index in [2.05, 4.69) is 4.98 Å². The predicted octanol–water partition coefficient (Wildman–Crippen LogP) is 1.69. The second-order valence-electron chi connectivity index (χ2n) is 2.90. The summed E-state index contributed by atoms with van der Waals surface area (Å²) in [5, 5.41) is 8.80. The molecular weight excluding hydrogens is 198 g/mol. The van der Waals surface area contributed by atoms with Gasteiger partial charge in [0.2, 0.25) is 0 Å². The molecule has 0 amide bonds. The fourth-order valence-corrected chi connectivity index (χ4v) is 1.25. The van der Waals surface area contributed by atoms with Crippen molar-refractivity contribution >= 4 is 12.2 Å². The lowest BCUT2D eigenvalue weighted by Crippen LogP contribution is -2.20. The highest BCUT2D eigenvalue weighted by atomic mass is 32.1. The molecule has 0 aliphatic carbocycles. The van der Waals surface area contributed by atoms with Crippen LogP contribution in [0, 0.1) is 4.77 Å². The molecule has 2 N–H and O–H groups in total. The maximum absolute atomic E-state index is 12.6. The quantitative estimate of drug-likeness (QED) is 0.742. The largest absolute Gasteiger partial charge is 0.390 e. The summed E-state index contributed by atoms with van der Waals surface area (Å²) in [5.74, 6) is -2.83. The second-order valence-corrected chi connectivity index (χ2v) is 3.29. The van der Waals surface area contributed by atoms with Crippen LogP contribution in [0.15, 0.2) is 6.20 Å². The molecule has 0 atom stereocenters. The number of aromatic amines is 1. The number of halogens is 2. The van der Waals surface area contributed by atoms with Gasteiger partial charge in [0, 0.05) is 13.1 Å². The van der Waals surface area contributed by atoms with Crippen molar-refractivity contribution in [2.45, 2.75) is 26.0 Å². The molecule has 1 rings (SSSR count). The third-order valence-corrected chi connectivity index (χ3v) is 1.89. The number of hydrogen-bond donors (Lipinski definition) is 2. The van der Waals surface area contributed by atoms with Gasteiger partial charge in [-0.25, -0.2) is 8.78 Å². The van der Waals surface area contributed by atoms with Gasteiger partial charge in [-0.3, -0.25) is 0 Å². The minimum absolute atomic E-state index is 0.200. The lowest BCUT2D eigenvalue weighted by Gasteiger charge is -2.12. The van der Waals surface area contributed by atoms with E-state index in [0.717, 1.165) is 6.92 Å². The lowest BCUT2D eigenvalue weighted by atomic mass is 10.3. The molecule has 1 aromatic rings. The van der Waals surface area contributed by atoms with Gasteiger partial charge >= 0.3 is 0 Å². The Kier molecular flexibility index (Phi) is 2.82. The van der Waals surface area contributed by atoms with Gasteiger partial charge in [0.05, 0.1) is 18.8 Å². The van der Waals surface area contributed by atoms with Gasteiger partial charge in [-0.2, -0.15) is 0 Å². The van der Waals surface area contributed by atoms with E-state index in [0.29, 0.717) is 5.69 Å². The van der Waals surface area contributed by atoms with E-state index in [1.807, 2.05) is 0 Å². The monoisotopic (exact) mass is 208 g/mol. The maximum Gasteiger partial charge on any atom is 0.263 e. The van der Waals surface area contributed by atoms with E-state index in [4.69, 9.17) is 17.3 Å². The van der Waals surface area contributed by atoms with Crippen molar-refractivity contribution in [2.75, 3.05) is 0 Å². The van der Waals surface area contributed by atoms with Gasteiger partial charge in [-0.1, -0.05) is 0 Å². The van der Waals surface area contributed by atoms with Crippen LogP contribution >= 0.6 is 12.2 Å². The molecule has 0 saturated heterocycles. The highest BCUT2D eigenvalue weighted by Gasteiger charge is 2.23. The number of aliphatic hydroxyl groups excluding tert-OH is 1. The summed E-state index contributed by atoms with van der Waals surface area (Å²) >= 11 is 4.77. The minimum Gasteiger partial charge on any atom is -0.390 e. The molecule has 0 saturated carbocycles. The van der Waals surface area contributed by atoms with Gasteiger partial charge in [-0.15, -0.1) is 0 Å². The first-order valence-electron chi connectivity index (χ1n) is 3.70. The molecule has 0 spiro atoms. The molecule has 0 unspecified atom stereocenters. The number of alkyl halides is 2. The molecule has 1 heterocycles. The number of imidazole rings is 1. The first kappa shape index (κ1) is 10.3. The normalized spacial score (nSPS) is 12.0. The zero-order chi connectivity index (χ0) is 10.1. The summed E-state index contributed by atoms with van der Waals surface area (Å²) in [6.07, 6.45) is 1.42. The molecule has 0 aliphatic heterocycles. The first-order chi connectivity index (χ1) is 5.94. The Labute approximate surface area is 79.0 Å². The van der Waals surface area contributed by atoms with E-state index in [1.54, 1.807) is 0 Å². The van der Waals surface area contributed by atoms with E-state index in [-0.39, 0.29) is 11.4 Å². The Hall–Kier alpha value is -0.750. The van der Waals surface area contributed by atoms with E-state index < -0.39 is 12.5 Å². The van der Waals surface area contributed by atoms with Crippen molar-refractivity contribution in [1.29, 1.82) is 0 Å². The van der Waals surface area contributed by atoms with Crippen LogP contribution in [0.25, 0.3) is 0 Å². The minimum atomic E-state index is -2.83. The average molecular weight is 208 g/mol. The van der Waals surface area contributed by atoms with Gasteiger partial charge in [-0.05, 0) is 12.2 Å². The van der Waals surface area contributed by atoms with Crippen molar-refractivity contribution < 1.29 is 13.9 Å². The van der Waals surface area contributed by atoms with Crippen LogP contribution in [0.1, 0.15) is 12.6 Å². The van der Waals surface area contributed by atoms with Crippen molar-refractivity contribution in [2.24, 2.45) is 0 Å². The summed E-state index contributed by atoms with van der Waals surface area (Å²) in [5.41, 5.74) is 0.367. The number of rotatable bonds is 3. The Morgan fingerprint density at radius 1 is 1.69 bits per heavy atom. The summed E-state index contributed by atoms with van der Waals surface area (Å²) in [4.78, 5) is 2.60. The van der Waals surface area contributed by atoms with Crippen molar-refractivity contribution in [3.63, 3.8) is 0 Å². The zero-order valence-corrected chi connectivity index (χ0v) is 7.87. The van der Waals surface area contributed by atoms with Gasteiger partial charge in [0.25, 0.3) is 5.92 Å². The van der Waals surface area contributed by atoms with Crippen LogP contribution < -0.4 is 0 Å². The number of nitrogens with one attached hydrogen (secondary N) is 1. The molecule has 1 aromatic heterocycles. The Morgan fingerprint density at radius 3 is 2.77 bits per heavy atom. The second kappa shape index (κ2) is 3.55. The highest BCUT2D eigenvalue weighted by Crippen LogP contribution is 2.16. The maximum atomic E-state index is 12.6. The topological polar surface area (TPSA) is 41.0 Å². The molecule has 0 aliphatic rings. The smallest absolute Gasteiger partial charge is 0.263 e. The third-order valence-electron chi connectivity index (χ3n) is 1.55. The van der Waals surface area contributed by atoms with E-state index in [9.17, 15) is 8.78 Å². The van der Waals surface area contributed by atoms with Crippen LogP contribution in [0.4, 0.5) is 8.78 Å². The number of nitrogens with zero attached hydrogens (tertiary/aromatic N) is 1. The number of aromatic nitrogens is 2. The SMILES string of the molecule is CC(F)(F)Cn1c(CO)c[nH]c1=S. The van der Waals surface area contributed by atoms with E-state index in [1.165, 1.54) is 10.8 Å². The van der Waals surface area contributed by atoms with Gasteiger partial charge in [0.1, 0.15) is 0 Å². The fourth-order valence-electron chi connectivity index (χ4n) is 1.01. The van der Waals surface area contributed by atoms with Crippen LogP contribution in [-0.2, 0) is 13.2 Å². The van der Waals surface area contributed by atoms with Crippen LogP contribution in [0.2, 0.25) is 0 Å². The highest BCUT2D eigenvalue weighted by molar-refractivity contribution is 7.71. The molecule has 0 fully saturated rings. The Bertz CT molecular complexity index is 339. The van der Waals surface area contributed by atoms with Crippen LogP contribution in [0.3, 0.4) is 0 Å². The molecule has 74 valence electrons. The molecular formula is C7H10F2N2OS. The summed E-state index contributed by atoms with van der Waals surface area (Å²) in [6.45, 7) is -0.00260. The molecule has 13 heavy (non-hydrogen) atoms. The van der Waals surface area contributed by atoms with Gasteiger partial charge in [0.15, 0.2) is 4.77 Å². The standard InChI is InChI=1S/C7H10F2N2OS/c1-7(8,9)4-11-5(3-12)2-10-6(11)13/h2,12H,3-4H2,1H3,(H,10,13). The van der Waals surface area contributed by atoms with Crippen LogP contribution in [0.5, 0.6) is 0 Å². The third kappa shape index (κ3) is 2.60. The van der Waals surface area contributed by atoms with Crippen molar-refractivity contribution in [1.82, 2.24) is 9.55 Å².